The van der Waals surface area contributed by atoms with E-state index in [1.165, 1.54) is 12.4 Å². The van der Waals surface area contributed by atoms with Gasteiger partial charge in [0, 0.05) is 6.54 Å². The van der Waals surface area contributed by atoms with Gasteiger partial charge in [-0.2, -0.15) is 5.10 Å². The van der Waals surface area contributed by atoms with Gasteiger partial charge < -0.3 is 5.32 Å². The van der Waals surface area contributed by atoms with Crippen LogP contribution in [0.15, 0.2) is 29.0 Å². The molecule has 1 aromatic heterocycles. The van der Waals surface area contributed by atoms with Gasteiger partial charge in [0.05, 0.1) is 10.5 Å². The topological polar surface area (TPSA) is 53.6 Å². The van der Waals surface area contributed by atoms with E-state index in [2.05, 4.69) is 36.4 Å². The third kappa shape index (κ3) is 3.10. The molecule has 0 amide bonds. The van der Waals surface area contributed by atoms with E-state index in [1.54, 1.807) is 6.07 Å². The number of aromatic amines is 1. The van der Waals surface area contributed by atoms with Gasteiger partial charge in [-0.3, -0.25) is 5.10 Å². The molecule has 0 spiro atoms. The van der Waals surface area contributed by atoms with Gasteiger partial charge in [-0.25, -0.2) is 9.37 Å². The molecule has 0 fully saturated rings. The van der Waals surface area contributed by atoms with Gasteiger partial charge in [-0.05, 0) is 40.5 Å². The van der Waals surface area contributed by atoms with Crippen molar-refractivity contribution in [1.29, 1.82) is 0 Å². The number of nitrogens with one attached hydrogen (secondary N) is 2. The molecule has 0 aliphatic rings. The molecule has 4 nitrogen and oxygen atoms in total. The Morgan fingerprint density at radius 1 is 1.53 bits per heavy atom. The third-order valence-corrected chi connectivity index (χ3v) is 3.08. The second-order valence-electron chi connectivity index (χ2n) is 3.72. The number of H-pyrrole nitrogens is 1. The highest BCUT2D eigenvalue weighted by molar-refractivity contribution is 9.10. The standard InChI is InChI=1S/C11H12BrFN4/c1-7(11-15-6-16-17-11)14-5-8-2-3-9(12)10(13)4-8/h2-4,6-7,14H,5H2,1H3,(H,15,16,17). The maximum absolute atomic E-state index is 13.3. The lowest BCUT2D eigenvalue weighted by atomic mass is 10.2. The fourth-order valence-electron chi connectivity index (χ4n) is 1.44. The second kappa shape index (κ2) is 5.37. The SMILES string of the molecule is CC(NCc1ccc(Br)c(F)c1)c1ncn[nH]1. The second-order valence-corrected chi connectivity index (χ2v) is 4.58. The summed E-state index contributed by atoms with van der Waals surface area (Å²) in [5.41, 5.74) is 0.886. The van der Waals surface area contributed by atoms with Crippen LogP contribution >= 0.6 is 15.9 Å². The number of aromatic nitrogens is 3. The number of benzene rings is 1. The molecule has 1 atom stereocenters. The molecule has 0 saturated heterocycles. The Morgan fingerprint density at radius 3 is 3.00 bits per heavy atom. The zero-order valence-electron chi connectivity index (χ0n) is 9.24. The highest BCUT2D eigenvalue weighted by Crippen LogP contribution is 2.16. The predicted octanol–water partition coefficient (Wildman–Crippen LogP) is 2.56. The van der Waals surface area contributed by atoms with Crippen molar-refractivity contribution in [2.24, 2.45) is 0 Å². The monoisotopic (exact) mass is 298 g/mol. The van der Waals surface area contributed by atoms with E-state index in [9.17, 15) is 4.39 Å². The van der Waals surface area contributed by atoms with Crippen molar-refractivity contribution in [3.63, 3.8) is 0 Å². The van der Waals surface area contributed by atoms with Crippen LogP contribution in [0.1, 0.15) is 24.4 Å². The number of halogens is 2. The van der Waals surface area contributed by atoms with E-state index in [0.717, 1.165) is 11.4 Å². The van der Waals surface area contributed by atoms with Crippen LogP contribution in [0.3, 0.4) is 0 Å². The van der Waals surface area contributed by atoms with Gasteiger partial charge >= 0.3 is 0 Å². The lowest BCUT2D eigenvalue weighted by Crippen LogP contribution is -2.19. The summed E-state index contributed by atoms with van der Waals surface area (Å²) in [6, 6.07) is 5.12. The summed E-state index contributed by atoms with van der Waals surface area (Å²) in [6.45, 7) is 2.54. The van der Waals surface area contributed by atoms with Crippen molar-refractivity contribution in [2.45, 2.75) is 19.5 Å². The van der Waals surface area contributed by atoms with E-state index in [0.29, 0.717) is 11.0 Å². The first-order chi connectivity index (χ1) is 8.16. The van der Waals surface area contributed by atoms with Crippen molar-refractivity contribution in [3.8, 4) is 0 Å². The van der Waals surface area contributed by atoms with Gasteiger partial charge in [0.1, 0.15) is 18.0 Å². The molecular weight excluding hydrogens is 287 g/mol. The van der Waals surface area contributed by atoms with E-state index in [-0.39, 0.29) is 11.9 Å². The largest absolute Gasteiger partial charge is 0.303 e. The van der Waals surface area contributed by atoms with Gasteiger partial charge in [0.25, 0.3) is 0 Å². The molecule has 2 rings (SSSR count). The minimum Gasteiger partial charge on any atom is -0.303 e. The van der Waals surface area contributed by atoms with Crippen molar-refractivity contribution in [3.05, 3.63) is 46.2 Å². The van der Waals surface area contributed by atoms with E-state index >= 15 is 0 Å². The summed E-state index contributed by atoms with van der Waals surface area (Å²) >= 11 is 3.12. The minimum absolute atomic E-state index is 0.0456. The van der Waals surface area contributed by atoms with E-state index < -0.39 is 0 Å². The molecular formula is C11H12BrFN4. The molecule has 17 heavy (non-hydrogen) atoms. The zero-order valence-corrected chi connectivity index (χ0v) is 10.8. The third-order valence-electron chi connectivity index (χ3n) is 2.44. The van der Waals surface area contributed by atoms with Crippen LogP contribution in [0.4, 0.5) is 4.39 Å². The number of rotatable bonds is 4. The Kier molecular flexibility index (Phi) is 3.86. The van der Waals surface area contributed by atoms with Crippen LogP contribution in [-0.4, -0.2) is 15.2 Å². The fraction of sp³-hybridized carbons (Fsp3) is 0.273. The summed E-state index contributed by atoms with van der Waals surface area (Å²) < 4.78 is 13.8. The molecule has 1 unspecified atom stereocenters. The highest BCUT2D eigenvalue weighted by Gasteiger charge is 2.08. The molecule has 1 heterocycles. The van der Waals surface area contributed by atoms with Gasteiger partial charge in [-0.1, -0.05) is 6.07 Å². The molecule has 0 radical (unpaired) electrons. The fourth-order valence-corrected chi connectivity index (χ4v) is 1.69. The van der Waals surface area contributed by atoms with Crippen LogP contribution in [0, 0.1) is 5.82 Å². The van der Waals surface area contributed by atoms with E-state index in [4.69, 9.17) is 0 Å². The van der Waals surface area contributed by atoms with Crippen LogP contribution in [0.5, 0.6) is 0 Å². The van der Waals surface area contributed by atoms with Crippen molar-refractivity contribution in [1.82, 2.24) is 20.5 Å². The van der Waals surface area contributed by atoms with Crippen molar-refractivity contribution >= 4 is 15.9 Å². The molecule has 6 heteroatoms. The van der Waals surface area contributed by atoms with Crippen molar-refractivity contribution in [2.75, 3.05) is 0 Å². The molecule has 1 aromatic carbocycles. The summed E-state index contributed by atoms with van der Waals surface area (Å²) in [5, 5.41) is 9.80. The maximum Gasteiger partial charge on any atom is 0.141 e. The van der Waals surface area contributed by atoms with Crippen molar-refractivity contribution < 1.29 is 4.39 Å². The molecule has 2 N–H and O–H groups in total. The Bertz CT molecular complexity index is 486. The van der Waals surface area contributed by atoms with Gasteiger partial charge in [0.15, 0.2) is 0 Å². The molecule has 0 aliphatic carbocycles. The Labute approximate surface area is 107 Å². The Hall–Kier alpha value is -1.27. The number of hydrogen-bond acceptors (Lipinski definition) is 3. The average molecular weight is 299 g/mol. The zero-order chi connectivity index (χ0) is 12.3. The summed E-state index contributed by atoms with van der Waals surface area (Å²) in [7, 11) is 0. The lowest BCUT2D eigenvalue weighted by molar-refractivity contribution is 0.544. The quantitative estimate of drug-likeness (QED) is 0.912. The highest BCUT2D eigenvalue weighted by atomic mass is 79.9. The lowest BCUT2D eigenvalue weighted by Gasteiger charge is -2.11. The maximum atomic E-state index is 13.3. The summed E-state index contributed by atoms with van der Waals surface area (Å²) in [5.74, 6) is 0.513. The van der Waals surface area contributed by atoms with Crippen LogP contribution in [-0.2, 0) is 6.54 Å². The predicted molar refractivity (Wildman–Crippen MR) is 65.7 cm³/mol. The molecule has 90 valence electrons. The smallest absolute Gasteiger partial charge is 0.141 e. The first-order valence-electron chi connectivity index (χ1n) is 5.19. The summed E-state index contributed by atoms with van der Waals surface area (Å²) in [6.07, 6.45) is 1.47. The van der Waals surface area contributed by atoms with Gasteiger partial charge in [0.2, 0.25) is 0 Å². The molecule has 0 bridgehead atoms. The van der Waals surface area contributed by atoms with Crippen LogP contribution in [0.25, 0.3) is 0 Å². The van der Waals surface area contributed by atoms with E-state index in [1.807, 2.05) is 13.0 Å². The Balaban J connectivity index is 1.96. The van der Waals surface area contributed by atoms with Crippen LogP contribution < -0.4 is 5.32 Å². The first-order valence-corrected chi connectivity index (χ1v) is 5.98. The minimum atomic E-state index is -0.253. The Morgan fingerprint density at radius 2 is 2.35 bits per heavy atom. The molecule has 0 saturated carbocycles. The normalized spacial score (nSPS) is 12.6. The first kappa shape index (κ1) is 12.2. The van der Waals surface area contributed by atoms with Crippen LogP contribution in [0.2, 0.25) is 0 Å². The number of hydrogen-bond donors (Lipinski definition) is 2. The van der Waals surface area contributed by atoms with Gasteiger partial charge in [-0.15, -0.1) is 0 Å². The number of nitrogens with zero attached hydrogens (tertiary/aromatic N) is 2. The molecule has 0 aliphatic heterocycles. The summed E-state index contributed by atoms with van der Waals surface area (Å²) in [4.78, 5) is 4.05. The molecule has 2 aromatic rings. The average Bonchev–Trinajstić information content (AvgIpc) is 2.84.